The summed E-state index contributed by atoms with van der Waals surface area (Å²) in [7, 11) is 1.53. The Balaban J connectivity index is 2.43. The van der Waals surface area contributed by atoms with Crippen LogP contribution in [0.5, 0.6) is 11.5 Å². The molecule has 2 rings (SSSR count). The number of carbonyl (C=O) groups is 1. The van der Waals surface area contributed by atoms with Crippen LogP contribution in [0.3, 0.4) is 0 Å². The SMILES string of the molecule is COc1cc(C=O)cc2c1OC(CO)C2. The molecule has 15 heavy (non-hydrogen) atoms. The second-order valence-electron chi connectivity index (χ2n) is 3.46. The largest absolute Gasteiger partial charge is 0.493 e. The van der Waals surface area contributed by atoms with E-state index < -0.39 is 0 Å². The number of aliphatic hydroxyl groups is 1. The van der Waals surface area contributed by atoms with Crippen LogP contribution in [-0.4, -0.2) is 31.2 Å². The number of carbonyl (C=O) groups excluding carboxylic acids is 1. The van der Waals surface area contributed by atoms with Gasteiger partial charge in [0.15, 0.2) is 11.5 Å². The molecule has 0 radical (unpaired) electrons. The first kappa shape index (κ1) is 9.98. The third-order valence-corrected chi connectivity index (χ3v) is 2.45. The molecule has 1 aromatic carbocycles. The summed E-state index contributed by atoms with van der Waals surface area (Å²) < 4.78 is 10.6. The normalized spacial score (nSPS) is 18.1. The Morgan fingerprint density at radius 3 is 3.07 bits per heavy atom. The Labute approximate surface area is 87.4 Å². The Morgan fingerprint density at radius 1 is 1.67 bits per heavy atom. The van der Waals surface area contributed by atoms with E-state index >= 15 is 0 Å². The quantitative estimate of drug-likeness (QED) is 0.746. The Kier molecular flexibility index (Phi) is 2.60. The summed E-state index contributed by atoms with van der Waals surface area (Å²) in [5.74, 6) is 1.19. The van der Waals surface area contributed by atoms with E-state index in [1.165, 1.54) is 7.11 Å². The standard InChI is InChI=1S/C11H12O4/c1-14-10-3-7(5-12)2-8-4-9(6-13)15-11(8)10/h2-3,5,9,13H,4,6H2,1H3. The van der Waals surface area contributed by atoms with Gasteiger partial charge in [-0.3, -0.25) is 4.79 Å². The van der Waals surface area contributed by atoms with Crippen LogP contribution in [0.1, 0.15) is 15.9 Å². The highest BCUT2D eigenvalue weighted by molar-refractivity contribution is 5.77. The van der Waals surface area contributed by atoms with Gasteiger partial charge in [-0.05, 0) is 12.1 Å². The van der Waals surface area contributed by atoms with E-state index in [0.717, 1.165) is 11.8 Å². The first-order valence-corrected chi connectivity index (χ1v) is 4.72. The summed E-state index contributed by atoms with van der Waals surface area (Å²) >= 11 is 0. The van der Waals surface area contributed by atoms with Gasteiger partial charge in [0.25, 0.3) is 0 Å². The van der Waals surface area contributed by atoms with Crippen LogP contribution in [-0.2, 0) is 6.42 Å². The number of aldehydes is 1. The average Bonchev–Trinajstić information content (AvgIpc) is 2.70. The molecule has 1 unspecified atom stereocenters. The van der Waals surface area contributed by atoms with Crippen molar-refractivity contribution in [1.29, 1.82) is 0 Å². The van der Waals surface area contributed by atoms with E-state index in [9.17, 15) is 4.79 Å². The summed E-state index contributed by atoms with van der Waals surface area (Å²) in [6, 6.07) is 3.39. The second kappa shape index (κ2) is 3.90. The fourth-order valence-corrected chi connectivity index (χ4v) is 1.74. The van der Waals surface area contributed by atoms with Crippen molar-refractivity contribution < 1.29 is 19.4 Å². The lowest BCUT2D eigenvalue weighted by molar-refractivity contribution is 0.112. The Bertz CT molecular complexity index is 386. The lowest BCUT2D eigenvalue weighted by Crippen LogP contribution is -2.17. The van der Waals surface area contributed by atoms with Gasteiger partial charge in [-0.1, -0.05) is 0 Å². The number of ether oxygens (including phenoxy) is 2. The minimum absolute atomic E-state index is 0.0335. The van der Waals surface area contributed by atoms with Crippen LogP contribution in [0.4, 0.5) is 0 Å². The van der Waals surface area contributed by atoms with E-state index in [0.29, 0.717) is 23.5 Å². The predicted molar refractivity (Wildman–Crippen MR) is 53.6 cm³/mol. The molecule has 0 fully saturated rings. The number of rotatable bonds is 3. The van der Waals surface area contributed by atoms with Crippen molar-refractivity contribution in [2.45, 2.75) is 12.5 Å². The lowest BCUT2D eigenvalue weighted by atomic mass is 10.1. The van der Waals surface area contributed by atoms with Gasteiger partial charge in [-0.25, -0.2) is 0 Å². The minimum Gasteiger partial charge on any atom is -0.493 e. The van der Waals surface area contributed by atoms with E-state index in [1.807, 2.05) is 0 Å². The highest BCUT2D eigenvalue weighted by atomic mass is 16.5. The summed E-state index contributed by atoms with van der Waals surface area (Å²) in [4.78, 5) is 10.7. The molecule has 0 saturated carbocycles. The number of fused-ring (bicyclic) bond motifs is 1. The fourth-order valence-electron chi connectivity index (χ4n) is 1.74. The lowest BCUT2D eigenvalue weighted by Gasteiger charge is -2.09. The van der Waals surface area contributed by atoms with E-state index in [2.05, 4.69) is 0 Å². The molecule has 1 aliphatic heterocycles. The number of hydrogen-bond acceptors (Lipinski definition) is 4. The molecule has 4 heteroatoms. The maximum Gasteiger partial charge on any atom is 0.165 e. The van der Waals surface area contributed by atoms with Gasteiger partial charge in [0.05, 0.1) is 13.7 Å². The molecule has 0 bridgehead atoms. The maximum atomic E-state index is 10.7. The van der Waals surface area contributed by atoms with E-state index in [4.69, 9.17) is 14.6 Å². The van der Waals surface area contributed by atoms with Crippen LogP contribution >= 0.6 is 0 Å². The Hall–Kier alpha value is -1.55. The molecule has 0 amide bonds. The van der Waals surface area contributed by atoms with Gasteiger partial charge in [-0.15, -0.1) is 0 Å². The first-order valence-electron chi connectivity index (χ1n) is 4.72. The molecule has 1 aromatic rings. The maximum absolute atomic E-state index is 10.7. The van der Waals surface area contributed by atoms with Gasteiger partial charge in [0.1, 0.15) is 12.4 Å². The number of methoxy groups -OCH3 is 1. The summed E-state index contributed by atoms with van der Waals surface area (Å²) in [5.41, 5.74) is 1.48. The van der Waals surface area contributed by atoms with Crippen LogP contribution < -0.4 is 9.47 Å². The molecule has 0 spiro atoms. The zero-order valence-corrected chi connectivity index (χ0v) is 8.40. The van der Waals surface area contributed by atoms with Crippen LogP contribution in [0.2, 0.25) is 0 Å². The third kappa shape index (κ3) is 1.68. The molecule has 0 aliphatic carbocycles. The molecule has 1 atom stereocenters. The second-order valence-corrected chi connectivity index (χ2v) is 3.46. The molecule has 0 saturated heterocycles. The number of benzene rings is 1. The molecule has 1 N–H and O–H groups in total. The van der Waals surface area contributed by atoms with Crippen molar-refractivity contribution in [2.75, 3.05) is 13.7 Å². The number of aliphatic hydroxyl groups excluding tert-OH is 1. The molecule has 1 heterocycles. The number of hydrogen-bond donors (Lipinski definition) is 1. The summed E-state index contributed by atoms with van der Waals surface area (Å²) in [6.45, 7) is -0.0335. The van der Waals surface area contributed by atoms with Crippen LogP contribution in [0.15, 0.2) is 12.1 Å². The zero-order valence-electron chi connectivity index (χ0n) is 8.40. The first-order chi connectivity index (χ1) is 7.28. The van der Waals surface area contributed by atoms with Gasteiger partial charge < -0.3 is 14.6 Å². The molecule has 4 nitrogen and oxygen atoms in total. The zero-order chi connectivity index (χ0) is 10.8. The van der Waals surface area contributed by atoms with Crippen molar-refractivity contribution in [1.82, 2.24) is 0 Å². The highest BCUT2D eigenvalue weighted by Gasteiger charge is 2.26. The van der Waals surface area contributed by atoms with Gasteiger partial charge in [-0.2, -0.15) is 0 Å². The van der Waals surface area contributed by atoms with Gasteiger partial charge >= 0.3 is 0 Å². The summed E-state index contributed by atoms with van der Waals surface area (Å²) in [6.07, 6.45) is 1.16. The highest BCUT2D eigenvalue weighted by Crippen LogP contribution is 2.38. The van der Waals surface area contributed by atoms with Crippen molar-refractivity contribution in [3.63, 3.8) is 0 Å². The van der Waals surface area contributed by atoms with E-state index in [-0.39, 0.29) is 12.7 Å². The average molecular weight is 208 g/mol. The molecular formula is C11H12O4. The van der Waals surface area contributed by atoms with Crippen molar-refractivity contribution in [2.24, 2.45) is 0 Å². The molecule has 0 aromatic heterocycles. The monoisotopic (exact) mass is 208 g/mol. The molecule has 80 valence electrons. The van der Waals surface area contributed by atoms with Crippen molar-refractivity contribution >= 4 is 6.29 Å². The van der Waals surface area contributed by atoms with Crippen molar-refractivity contribution in [3.05, 3.63) is 23.3 Å². The van der Waals surface area contributed by atoms with Crippen molar-refractivity contribution in [3.8, 4) is 11.5 Å². The topological polar surface area (TPSA) is 55.8 Å². The van der Waals surface area contributed by atoms with Crippen LogP contribution in [0.25, 0.3) is 0 Å². The van der Waals surface area contributed by atoms with Gasteiger partial charge in [0.2, 0.25) is 0 Å². The third-order valence-electron chi connectivity index (χ3n) is 2.45. The van der Waals surface area contributed by atoms with E-state index in [1.54, 1.807) is 12.1 Å². The smallest absolute Gasteiger partial charge is 0.165 e. The summed E-state index contributed by atoms with van der Waals surface area (Å²) in [5, 5.41) is 8.99. The molecular weight excluding hydrogens is 196 g/mol. The predicted octanol–water partition coefficient (Wildman–Crippen LogP) is 0.803. The van der Waals surface area contributed by atoms with Crippen LogP contribution in [0, 0.1) is 0 Å². The fraction of sp³-hybridized carbons (Fsp3) is 0.364. The minimum atomic E-state index is -0.226. The Morgan fingerprint density at radius 2 is 2.47 bits per heavy atom. The van der Waals surface area contributed by atoms with Gasteiger partial charge in [0, 0.05) is 17.5 Å². The molecule has 1 aliphatic rings.